The van der Waals surface area contributed by atoms with Gasteiger partial charge in [0.15, 0.2) is 0 Å². The lowest BCUT2D eigenvalue weighted by Crippen LogP contribution is -2.37. The van der Waals surface area contributed by atoms with Gasteiger partial charge in [0.05, 0.1) is 4.54 Å². The lowest BCUT2D eigenvalue weighted by molar-refractivity contribution is -0.567. The maximum Gasteiger partial charge on any atom is 0.361 e. The summed E-state index contributed by atoms with van der Waals surface area (Å²) in [6, 6.07) is 14.1. The second kappa shape index (κ2) is 4.20. The molecule has 0 aliphatic rings. The van der Waals surface area contributed by atoms with E-state index in [0.29, 0.717) is 21.1 Å². The Bertz CT molecular complexity index is 860. The van der Waals surface area contributed by atoms with Gasteiger partial charge in [0, 0.05) is 0 Å². The third-order valence-electron chi connectivity index (χ3n) is 3.02. The fraction of sp³-hybridized carbons (Fsp3) is 0.0714. The number of benzene rings is 2. The number of para-hydroxylation sites is 1. The topological polar surface area (TPSA) is 60.8 Å². The molecule has 0 bridgehead atoms. The van der Waals surface area contributed by atoms with Gasteiger partial charge in [-0.1, -0.05) is 29.8 Å². The minimum absolute atomic E-state index is 0.289. The second-order valence-corrected chi connectivity index (χ2v) is 4.38. The van der Waals surface area contributed by atoms with E-state index >= 15 is 0 Å². The number of aryl methyl sites for hydroxylation is 1. The maximum absolute atomic E-state index is 12.3. The molecule has 94 valence electrons. The van der Waals surface area contributed by atoms with Crippen molar-refractivity contribution in [3.63, 3.8) is 0 Å². The van der Waals surface area contributed by atoms with Crippen molar-refractivity contribution in [3.05, 3.63) is 69.4 Å². The molecule has 0 radical (unpaired) electrons. The molecule has 0 saturated heterocycles. The van der Waals surface area contributed by atoms with E-state index in [9.17, 15) is 9.70 Å². The zero-order valence-electron chi connectivity index (χ0n) is 10.3. The van der Waals surface area contributed by atoms with E-state index in [-0.39, 0.29) is 5.56 Å². The Morgan fingerprint density at radius 3 is 2.47 bits per heavy atom. The van der Waals surface area contributed by atoms with Crippen molar-refractivity contribution >= 4 is 10.9 Å². The smallest absolute Gasteiger partial charge is 0.239 e. The lowest BCUT2D eigenvalue weighted by atomic mass is 10.2. The summed E-state index contributed by atoms with van der Waals surface area (Å²) in [7, 11) is 0. The Morgan fingerprint density at radius 1 is 1.05 bits per heavy atom. The maximum atomic E-state index is 12.3. The third kappa shape index (κ3) is 1.85. The molecule has 5 nitrogen and oxygen atoms in total. The van der Waals surface area contributed by atoms with Gasteiger partial charge in [0.25, 0.3) is 0 Å². The van der Waals surface area contributed by atoms with E-state index in [1.165, 1.54) is 4.80 Å². The highest BCUT2D eigenvalue weighted by atomic mass is 16.3. The molecule has 3 rings (SSSR count). The highest BCUT2D eigenvalue weighted by Crippen LogP contribution is 2.07. The largest absolute Gasteiger partial charge is 0.361 e. The summed E-state index contributed by atoms with van der Waals surface area (Å²) in [6.07, 6.45) is 0. The van der Waals surface area contributed by atoms with Gasteiger partial charge in [0.1, 0.15) is 11.1 Å². The van der Waals surface area contributed by atoms with Crippen molar-refractivity contribution < 1.29 is 4.54 Å². The minimum Gasteiger partial charge on any atom is -0.239 e. The molecule has 5 heteroatoms. The van der Waals surface area contributed by atoms with Crippen molar-refractivity contribution in [2.75, 3.05) is 0 Å². The molecular weight excluding hydrogens is 242 g/mol. The van der Waals surface area contributed by atoms with E-state index in [4.69, 9.17) is 0 Å². The Balaban J connectivity index is 2.37. The van der Waals surface area contributed by atoms with Crippen LogP contribution in [0.5, 0.6) is 0 Å². The van der Waals surface area contributed by atoms with Gasteiger partial charge < -0.3 is 0 Å². The standard InChI is InChI=1S/C14H11N3O2/c1-10-6-8-11(9-7-10)16-15-14(18)12-4-2-3-5-13(12)17(16)19/h2-9H,1H3/p+1. The first-order valence-corrected chi connectivity index (χ1v) is 5.91. The van der Waals surface area contributed by atoms with Crippen LogP contribution in [-0.4, -0.2) is 9.90 Å². The summed E-state index contributed by atoms with van der Waals surface area (Å²) in [6.45, 7) is 1.96. The number of aromatic amines is 1. The van der Waals surface area contributed by atoms with Crippen molar-refractivity contribution in [2.24, 2.45) is 0 Å². The van der Waals surface area contributed by atoms with Crippen LogP contribution >= 0.6 is 0 Å². The van der Waals surface area contributed by atoms with Gasteiger partial charge in [-0.25, -0.2) is 4.79 Å². The summed E-state index contributed by atoms with van der Waals surface area (Å²) in [4.78, 5) is 25.4. The number of nitrogens with zero attached hydrogens (tertiary/aromatic N) is 2. The first kappa shape index (κ1) is 11.4. The zero-order valence-corrected chi connectivity index (χ0v) is 10.3. The van der Waals surface area contributed by atoms with Gasteiger partial charge in [-0.15, -0.1) is 5.10 Å². The van der Waals surface area contributed by atoms with Gasteiger partial charge >= 0.3 is 5.56 Å². The Kier molecular flexibility index (Phi) is 2.52. The molecule has 0 atom stereocenters. The van der Waals surface area contributed by atoms with Gasteiger partial charge in [0.2, 0.25) is 5.52 Å². The molecule has 1 N–H and O–H groups in total. The normalized spacial score (nSPS) is 10.8. The van der Waals surface area contributed by atoms with Gasteiger partial charge in [-0.3, -0.25) is 0 Å². The van der Waals surface area contributed by atoms with E-state index in [0.717, 1.165) is 5.56 Å². The number of hydrogen-bond acceptors (Lipinski definition) is 2. The zero-order chi connectivity index (χ0) is 13.4. The summed E-state index contributed by atoms with van der Waals surface area (Å²) >= 11 is 0. The number of rotatable bonds is 1. The SMILES string of the molecule is Cc1ccc(-n2[nH]c(=O)c3ccccc3[n+]2=O)cc1. The monoisotopic (exact) mass is 254 g/mol. The van der Waals surface area contributed by atoms with Crippen LogP contribution in [0.25, 0.3) is 16.6 Å². The fourth-order valence-corrected chi connectivity index (χ4v) is 2.00. The number of H-pyrrole nitrogens is 1. The number of nitrogens with one attached hydrogen (secondary N) is 1. The summed E-state index contributed by atoms with van der Waals surface area (Å²) in [5, 5.41) is 2.94. The van der Waals surface area contributed by atoms with Gasteiger partial charge in [-0.05, 0) is 40.9 Å². The molecule has 0 aliphatic heterocycles. The molecule has 0 fully saturated rings. The molecule has 0 unspecified atom stereocenters. The summed E-state index contributed by atoms with van der Waals surface area (Å²) < 4.78 is 0.682. The van der Waals surface area contributed by atoms with E-state index in [2.05, 4.69) is 5.10 Å². The Labute approximate surface area is 108 Å². The van der Waals surface area contributed by atoms with Crippen LogP contribution < -0.4 is 10.1 Å². The predicted octanol–water partition coefficient (Wildman–Crippen LogP) is 1.54. The number of fused-ring (bicyclic) bond motifs is 1. The average molecular weight is 254 g/mol. The van der Waals surface area contributed by atoms with Crippen LogP contribution in [0, 0.1) is 11.8 Å². The van der Waals surface area contributed by atoms with Crippen molar-refractivity contribution in [1.29, 1.82) is 0 Å². The van der Waals surface area contributed by atoms with Crippen LogP contribution in [0.3, 0.4) is 0 Å². The van der Waals surface area contributed by atoms with Crippen LogP contribution in [0.1, 0.15) is 5.56 Å². The number of hydrogen-bond donors (Lipinski definition) is 1. The van der Waals surface area contributed by atoms with Crippen LogP contribution in [0.15, 0.2) is 53.3 Å². The third-order valence-corrected chi connectivity index (χ3v) is 3.02. The van der Waals surface area contributed by atoms with Gasteiger partial charge in [-0.2, -0.15) is 0 Å². The van der Waals surface area contributed by atoms with Crippen molar-refractivity contribution in [2.45, 2.75) is 6.92 Å². The second-order valence-electron chi connectivity index (χ2n) is 4.38. The molecule has 0 saturated carbocycles. The molecule has 19 heavy (non-hydrogen) atoms. The van der Waals surface area contributed by atoms with E-state index in [1.807, 2.05) is 19.1 Å². The number of aromatic nitrogens is 3. The first-order chi connectivity index (χ1) is 9.16. The summed E-state index contributed by atoms with van der Waals surface area (Å²) in [5.41, 5.74) is 1.75. The molecule has 3 aromatic rings. The van der Waals surface area contributed by atoms with E-state index in [1.54, 1.807) is 36.4 Å². The highest BCUT2D eigenvalue weighted by Gasteiger charge is 2.13. The van der Waals surface area contributed by atoms with Crippen LogP contribution in [-0.2, 0) is 0 Å². The van der Waals surface area contributed by atoms with E-state index < -0.39 is 0 Å². The molecule has 0 spiro atoms. The minimum atomic E-state index is -0.289. The molecule has 2 aromatic carbocycles. The highest BCUT2D eigenvalue weighted by molar-refractivity contribution is 5.73. The fourth-order valence-electron chi connectivity index (χ4n) is 2.00. The molecule has 0 aliphatic carbocycles. The van der Waals surface area contributed by atoms with Crippen molar-refractivity contribution in [3.8, 4) is 5.69 Å². The molecule has 1 heterocycles. The Hall–Kier alpha value is -2.69. The quantitative estimate of drug-likeness (QED) is 0.670. The Morgan fingerprint density at radius 2 is 1.74 bits per heavy atom. The van der Waals surface area contributed by atoms with Crippen molar-refractivity contribution in [1.82, 2.24) is 9.90 Å². The summed E-state index contributed by atoms with van der Waals surface area (Å²) in [5.74, 6) is 0. The molecular formula is C14H12N3O2+. The van der Waals surface area contributed by atoms with Crippen LogP contribution in [0.2, 0.25) is 0 Å². The van der Waals surface area contributed by atoms with Crippen LogP contribution in [0.4, 0.5) is 0 Å². The molecule has 0 amide bonds. The molecule has 1 aromatic heterocycles. The average Bonchev–Trinajstić information content (AvgIpc) is 2.44. The lowest BCUT2D eigenvalue weighted by Gasteiger charge is -2.00. The first-order valence-electron chi connectivity index (χ1n) is 5.91. The predicted molar refractivity (Wildman–Crippen MR) is 72.0 cm³/mol.